The van der Waals surface area contributed by atoms with Crippen molar-refractivity contribution in [1.29, 1.82) is 0 Å². The predicted molar refractivity (Wildman–Crippen MR) is 125 cm³/mol. The van der Waals surface area contributed by atoms with E-state index >= 15 is 0 Å². The summed E-state index contributed by atoms with van der Waals surface area (Å²) in [5.41, 5.74) is 1.22. The summed E-state index contributed by atoms with van der Waals surface area (Å²) < 4.78 is 29.6. The molecule has 0 aliphatic carbocycles. The van der Waals surface area contributed by atoms with Crippen molar-refractivity contribution in [2.75, 3.05) is 33.9 Å². The van der Waals surface area contributed by atoms with E-state index in [1.165, 1.54) is 26.4 Å². The number of carbonyl (C=O) groups excluding carboxylic acids is 2. The van der Waals surface area contributed by atoms with Gasteiger partial charge in [0.25, 0.3) is 5.91 Å². The molecule has 1 fully saturated rings. The Balaban J connectivity index is 1.65. The first kappa shape index (κ1) is 25.0. The molecule has 2 atom stereocenters. The van der Waals surface area contributed by atoms with Crippen molar-refractivity contribution in [2.45, 2.75) is 32.5 Å². The molecule has 0 bridgehead atoms. The van der Waals surface area contributed by atoms with Crippen molar-refractivity contribution in [1.82, 2.24) is 9.80 Å². The van der Waals surface area contributed by atoms with Gasteiger partial charge in [0, 0.05) is 37.8 Å². The van der Waals surface area contributed by atoms with Crippen LogP contribution in [-0.2, 0) is 16.1 Å². The highest BCUT2D eigenvalue weighted by molar-refractivity contribution is 9.10. The number of halogens is 2. The van der Waals surface area contributed by atoms with Crippen LogP contribution in [0.3, 0.4) is 0 Å². The summed E-state index contributed by atoms with van der Waals surface area (Å²) >= 11 is 3.34. The zero-order valence-electron chi connectivity index (χ0n) is 19.1. The van der Waals surface area contributed by atoms with E-state index in [2.05, 4.69) is 27.8 Å². The minimum Gasteiger partial charge on any atom is -0.495 e. The van der Waals surface area contributed by atoms with Gasteiger partial charge in [0.1, 0.15) is 22.9 Å². The van der Waals surface area contributed by atoms with Gasteiger partial charge in [-0.1, -0.05) is 12.1 Å². The molecule has 0 radical (unpaired) electrons. The number of esters is 1. The number of nitrogens with zero attached hydrogens (tertiary/aromatic N) is 2. The summed E-state index contributed by atoms with van der Waals surface area (Å²) in [6.07, 6.45) is 0. The first-order valence-corrected chi connectivity index (χ1v) is 11.4. The topological polar surface area (TPSA) is 68.3 Å². The average Bonchev–Trinajstić information content (AvgIpc) is 2.80. The van der Waals surface area contributed by atoms with Gasteiger partial charge in [-0.05, 0) is 53.5 Å². The van der Waals surface area contributed by atoms with Gasteiger partial charge in [0.15, 0.2) is 6.61 Å². The number of hydrogen-bond donors (Lipinski definition) is 0. The minimum atomic E-state index is -0.572. The van der Waals surface area contributed by atoms with Crippen molar-refractivity contribution in [2.24, 2.45) is 0 Å². The number of hydrogen-bond acceptors (Lipinski definition) is 6. The van der Waals surface area contributed by atoms with E-state index in [9.17, 15) is 14.0 Å². The molecule has 1 saturated heterocycles. The summed E-state index contributed by atoms with van der Waals surface area (Å²) in [4.78, 5) is 29.2. The van der Waals surface area contributed by atoms with Crippen LogP contribution in [0.1, 0.15) is 29.8 Å². The molecule has 0 saturated carbocycles. The second-order valence-electron chi connectivity index (χ2n) is 8.06. The molecule has 0 aromatic heterocycles. The lowest BCUT2D eigenvalue weighted by atomic mass is 10.1. The summed E-state index contributed by atoms with van der Waals surface area (Å²) in [5.74, 6) is -0.313. The van der Waals surface area contributed by atoms with Crippen LogP contribution in [0.2, 0.25) is 0 Å². The second kappa shape index (κ2) is 11.0. The van der Waals surface area contributed by atoms with E-state index in [0.29, 0.717) is 29.9 Å². The van der Waals surface area contributed by atoms with E-state index in [1.54, 1.807) is 29.2 Å². The molecule has 2 aromatic rings. The van der Waals surface area contributed by atoms with Gasteiger partial charge in [-0.25, -0.2) is 9.18 Å². The smallest absolute Gasteiger partial charge is 0.341 e. The van der Waals surface area contributed by atoms with E-state index in [0.717, 1.165) is 5.56 Å². The van der Waals surface area contributed by atoms with Crippen LogP contribution in [0.15, 0.2) is 40.9 Å². The summed E-state index contributed by atoms with van der Waals surface area (Å²) in [5, 5.41) is 0. The Labute approximate surface area is 201 Å². The number of benzene rings is 2. The first-order chi connectivity index (χ1) is 15.7. The number of piperazine rings is 1. The molecule has 3 rings (SSSR count). The highest BCUT2D eigenvalue weighted by atomic mass is 79.9. The van der Waals surface area contributed by atoms with Crippen molar-refractivity contribution in [3.8, 4) is 11.5 Å². The number of amides is 1. The fourth-order valence-corrected chi connectivity index (χ4v) is 4.40. The van der Waals surface area contributed by atoms with Crippen molar-refractivity contribution in [3.63, 3.8) is 0 Å². The molecule has 1 aliphatic heterocycles. The van der Waals surface area contributed by atoms with Crippen LogP contribution < -0.4 is 9.47 Å². The molecule has 7 nitrogen and oxygen atoms in total. The monoisotopic (exact) mass is 522 g/mol. The van der Waals surface area contributed by atoms with Gasteiger partial charge in [0.2, 0.25) is 0 Å². The third-order valence-corrected chi connectivity index (χ3v) is 6.36. The highest BCUT2D eigenvalue weighted by Crippen LogP contribution is 2.33. The molecule has 178 valence electrons. The third kappa shape index (κ3) is 6.03. The zero-order chi connectivity index (χ0) is 24.1. The maximum Gasteiger partial charge on any atom is 0.341 e. The van der Waals surface area contributed by atoms with E-state index in [4.69, 9.17) is 14.2 Å². The third-order valence-electron chi connectivity index (χ3n) is 5.74. The quantitative estimate of drug-likeness (QED) is 0.514. The fourth-order valence-electron chi connectivity index (χ4n) is 3.89. The number of rotatable bonds is 7. The Bertz CT molecular complexity index is 1000. The predicted octanol–water partition coefficient (Wildman–Crippen LogP) is 3.88. The van der Waals surface area contributed by atoms with Crippen molar-refractivity contribution in [3.05, 3.63) is 57.8 Å². The van der Waals surface area contributed by atoms with Gasteiger partial charge in [-0.15, -0.1) is 0 Å². The van der Waals surface area contributed by atoms with E-state index in [1.807, 2.05) is 6.92 Å². The van der Waals surface area contributed by atoms with E-state index in [-0.39, 0.29) is 41.7 Å². The maximum atomic E-state index is 13.2. The van der Waals surface area contributed by atoms with Crippen LogP contribution in [0, 0.1) is 5.82 Å². The maximum absolute atomic E-state index is 13.2. The van der Waals surface area contributed by atoms with E-state index < -0.39 is 5.97 Å². The molecule has 9 heteroatoms. The lowest BCUT2D eigenvalue weighted by Gasteiger charge is -2.44. The lowest BCUT2D eigenvalue weighted by Crippen LogP contribution is -2.58. The zero-order valence-corrected chi connectivity index (χ0v) is 20.7. The Morgan fingerprint density at radius 3 is 2.39 bits per heavy atom. The van der Waals surface area contributed by atoms with Crippen molar-refractivity contribution < 1.29 is 28.2 Å². The van der Waals surface area contributed by atoms with Gasteiger partial charge in [-0.3, -0.25) is 9.69 Å². The molecular formula is C24H28BrFN2O5. The molecule has 0 N–H and O–H groups in total. The Kier molecular flexibility index (Phi) is 8.31. The van der Waals surface area contributed by atoms with Crippen molar-refractivity contribution >= 4 is 27.8 Å². The van der Waals surface area contributed by atoms with Gasteiger partial charge in [0.05, 0.1) is 18.7 Å². The number of ether oxygens (including phenoxy) is 3. The van der Waals surface area contributed by atoms with Crippen LogP contribution in [0.25, 0.3) is 0 Å². The van der Waals surface area contributed by atoms with Gasteiger partial charge in [-0.2, -0.15) is 0 Å². The van der Waals surface area contributed by atoms with Gasteiger partial charge < -0.3 is 19.1 Å². The fraction of sp³-hybridized carbons (Fsp3) is 0.417. The molecular weight excluding hydrogens is 495 g/mol. The SMILES string of the molecule is COC(=O)c1cc(Br)c(OC)cc1OCC(=O)N1CC(C)N(Cc2ccc(F)cc2)CC1C. The lowest BCUT2D eigenvalue weighted by molar-refractivity contribution is -0.139. The summed E-state index contributed by atoms with van der Waals surface area (Å²) in [7, 11) is 2.78. The minimum absolute atomic E-state index is 0.0303. The van der Waals surface area contributed by atoms with Crippen LogP contribution in [-0.4, -0.2) is 67.7 Å². The first-order valence-electron chi connectivity index (χ1n) is 10.6. The Morgan fingerprint density at radius 1 is 1.06 bits per heavy atom. The standard InChI is InChI=1S/C24H28BrFN2O5/c1-15-12-28(16(2)11-27(15)13-17-5-7-18(26)8-6-17)23(29)14-33-21-10-22(31-3)20(25)9-19(21)24(30)32-4/h5-10,15-16H,11-14H2,1-4H3. The largest absolute Gasteiger partial charge is 0.495 e. The molecule has 1 aliphatic rings. The van der Waals surface area contributed by atoms with Gasteiger partial charge >= 0.3 is 5.97 Å². The molecule has 0 spiro atoms. The number of carbonyl (C=O) groups is 2. The normalized spacial score (nSPS) is 18.7. The molecule has 1 heterocycles. The summed E-state index contributed by atoms with van der Waals surface area (Å²) in [6.45, 7) is 5.74. The van der Waals surface area contributed by atoms with Crippen LogP contribution in [0.5, 0.6) is 11.5 Å². The second-order valence-corrected chi connectivity index (χ2v) is 8.92. The highest BCUT2D eigenvalue weighted by Gasteiger charge is 2.32. The Morgan fingerprint density at radius 2 is 1.76 bits per heavy atom. The Hall–Kier alpha value is -2.65. The summed E-state index contributed by atoms with van der Waals surface area (Å²) in [6, 6.07) is 9.67. The molecule has 2 aromatic carbocycles. The average molecular weight is 523 g/mol. The molecule has 1 amide bonds. The van der Waals surface area contributed by atoms with Crippen LogP contribution >= 0.6 is 15.9 Å². The molecule has 33 heavy (non-hydrogen) atoms. The number of methoxy groups -OCH3 is 2. The van der Waals surface area contributed by atoms with Crippen LogP contribution in [0.4, 0.5) is 4.39 Å². The molecule has 2 unspecified atom stereocenters.